The number of carbonyl (C=O) groups is 1. The summed E-state index contributed by atoms with van der Waals surface area (Å²) in [5, 5.41) is 9.89. The third-order valence-electron chi connectivity index (χ3n) is 6.30. The highest BCUT2D eigenvalue weighted by atomic mass is 79.9. The van der Waals surface area contributed by atoms with Crippen molar-refractivity contribution < 1.29 is 9.53 Å². The number of hydrazone groups is 1. The lowest BCUT2D eigenvalue weighted by molar-refractivity contribution is -0.161. The maximum absolute atomic E-state index is 13.5. The Bertz CT molecular complexity index is 1280. The van der Waals surface area contributed by atoms with Crippen LogP contribution in [-0.4, -0.2) is 16.6 Å². The van der Waals surface area contributed by atoms with Crippen molar-refractivity contribution in [2.24, 2.45) is 5.10 Å². The van der Waals surface area contributed by atoms with E-state index in [1.54, 1.807) is 0 Å². The number of anilines is 1. The van der Waals surface area contributed by atoms with Crippen LogP contribution in [0.2, 0.25) is 0 Å². The summed E-state index contributed by atoms with van der Waals surface area (Å²) >= 11 is 3.59. The van der Waals surface area contributed by atoms with Crippen LogP contribution in [0.1, 0.15) is 40.3 Å². The van der Waals surface area contributed by atoms with Crippen LogP contribution in [0.3, 0.4) is 0 Å². The molecule has 0 aromatic heterocycles. The van der Waals surface area contributed by atoms with E-state index in [-0.39, 0.29) is 11.9 Å². The van der Waals surface area contributed by atoms with Crippen LogP contribution in [0.25, 0.3) is 0 Å². The summed E-state index contributed by atoms with van der Waals surface area (Å²) in [6, 6.07) is 20.2. The van der Waals surface area contributed by atoms with Gasteiger partial charge < -0.3 is 10.1 Å². The number of halogens is 1. The lowest BCUT2D eigenvalue weighted by Gasteiger charge is -2.44. The molecule has 0 bridgehead atoms. The summed E-state index contributed by atoms with van der Waals surface area (Å²) in [6.07, 6.45) is 0.700. The topological polar surface area (TPSA) is 53.9 Å². The zero-order valence-corrected chi connectivity index (χ0v) is 18.7. The minimum atomic E-state index is -1.32. The SMILES string of the molecule is Cc1ccc(C2=NN3[C@H](C2)c2cc(Br)ccc2O[C@@]32C(=O)Nc3ccc(C)cc32)cc1. The minimum Gasteiger partial charge on any atom is -0.453 e. The molecule has 154 valence electrons. The first-order valence-corrected chi connectivity index (χ1v) is 11.1. The molecule has 3 aromatic rings. The van der Waals surface area contributed by atoms with E-state index in [4.69, 9.17) is 9.84 Å². The Hall–Kier alpha value is -3.12. The third-order valence-corrected chi connectivity index (χ3v) is 6.80. The summed E-state index contributed by atoms with van der Waals surface area (Å²) in [5.74, 6) is 0.509. The van der Waals surface area contributed by atoms with E-state index in [1.165, 1.54) is 5.56 Å². The Morgan fingerprint density at radius 3 is 2.65 bits per heavy atom. The summed E-state index contributed by atoms with van der Waals surface area (Å²) in [4.78, 5) is 13.5. The quantitative estimate of drug-likeness (QED) is 0.513. The van der Waals surface area contributed by atoms with Gasteiger partial charge in [0.2, 0.25) is 0 Å². The molecule has 6 heteroatoms. The smallest absolute Gasteiger partial charge is 0.306 e. The van der Waals surface area contributed by atoms with Gasteiger partial charge in [-0.25, -0.2) is 5.01 Å². The van der Waals surface area contributed by atoms with E-state index in [1.807, 2.05) is 42.3 Å². The molecule has 1 spiro atoms. The molecule has 31 heavy (non-hydrogen) atoms. The third kappa shape index (κ3) is 2.61. The number of fused-ring (bicyclic) bond motifs is 6. The highest BCUT2D eigenvalue weighted by Crippen LogP contribution is 2.54. The van der Waals surface area contributed by atoms with Crippen molar-refractivity contribution in [2.45, 2.75) is 32.0 Å². The molecule has 3 aliphatic heterocycles. The number of hydrogen-bond acceptors (Lipinski definition) is 4. The van der Waals surface area contributed by atoms with Gasteiger partial charge in [-0.1, -0.05) is 57.4 Å². The van der Waals surface area contributed by atoms with Gasteiger partial charge in [0.1, 0.15) is 5.75 Å². The predicted octanol–water partition coefficient (Wildman–Crippen LogP) is 5.41. The van der Waals surface area contributed by atoms with Crippen molar-refractivity contribution in [1.29, 1.82) is 0 Å². The van der Waals surface area contributed by atoms with E-state index in [2.05, 4.69) is 58.5 Å². The molecule has 3 aromatic carbocycles. The second-order valence-corrected chi connectivity index (χ2v) is 9.32. The zero-order valence-electron chi connectivity index (χ0n) is 17.1. The van der Waals surface area contributed by atoms with Crippen LogP contribution in [0.15, 0.2) is 70.2 Å². The molecule has 2 atom stereocenters. The molecular formula is C25H20BrN3O2. The van der Waals surface area contributed by atoms with Crippen molar-refractivity contribution in [1.82, 2.24) is 5.01 Å². The van der Waals surface area contributed by atoms with Crippen LogP contribution >= 0.6 is 15.9 Å². The Morgan fingerprint density at radius 1 is 1.06 bits per heavy atom. The molecule has 3 heterocycles. The van der Waals surface area contributed by atoms with E-state index in [0.717, 1.165) is 38.1 Å². The fourth-order valence-corrected chi connectivity index (χ4v) is 5.13. The second-order valence-electron chi connectivity index (χ2n) is 8.41. The Labute approximate surface area is 188 Å². The van der Waals surface area contributed by atoms with Crippen LogP contribution in [0.5, 0.6) is 5.75 Å². The Morgan fingerprint density at radius 2 is 1.84 bits per heavy atom. The number of aryl methyl sites for hydroxylation is 2. The molecule has 6 rings (SSSR count). The predicted molar refractivity (Wildman–Crippen MR) is 123 cm³/mol. The molecule has 5 nitrogen and oxygen atoms in total. The van der Waals surface area contributed by atoms with Gasteiger partial charge in [-0.05, 0) is 49.7 Å². The van der Waals surface area contributed by atoms with E-state index < -0.39 is 5.72 Å². The molecule has 0 unspecified atom stereocenters. The fraction of sp³-hybridized carbons (Fsp3) is 0.200. The molecule has 1 N–H and O–H groups in total. The first-order valence-electron chi connectivity index (χ1n) is 10.3. The van der Waals surface area contributed by atoms with E-state index >= 15 is 0 Å². The average molecular weight is 474 g/mol. The summed E-state index contributed by atoms with van der Waals surface area (Å²) < 4.78 is 7.51. The van der Waals surface area contributed by atoms with Gasteiger partial charge in [-0.15, -0.1) is 0 Å². The average Bonchev–Trinajstić information content (AvgIpc) is 3.31. The van der Waals surface area contributed by atoms with Crippen LogP contribution in [0.4, 0.5) is 5.69 Å². The number of amides is 1. The molecular weight excluding hydrogens is 454 g/mol. The minimum absolute atomic E-state index is 0.102. The normalized spacial score (nSPS) is 23.1. The summed E-state index contributed by atoms with van der Waals surface area (Å²) in [5.41, 5.74) is 5.58. The number of rotatable bonds is 1. The molecule has 0 saturated carbocycles. The van der Waals surface area contributed by atoms with Gasteiger partial charge in [-0.2, -0.15) is 5.10 Å². The lowest BCUT2D eigenvalue weighted by Crippen LogP contribution is -2.55. The van der Waals surface area contributed by atoms with Crippen LogP contribution < -0.4 is 10.1 Å². The highest BCUT2D eigenvalue weighted by molar-refractivity contribution is 9.10. The van der Waals surface area contributed by atoms with Gasteiger partial charge in [0.25, 0.3) is 5.91 Å². The first-order chi connectivity index (χ1) is 15.0. The van der Waals surface area contributed by atoms with Crippen molar-refractivity contribution in [2.75, 3.05) is 5.32 Å². The van der Waals surface area contributed by atoms with Gasteiger partial charge in [0.15, 0.2) is 0 Å². The number of hydrogen-bond donors (Lipinski definition) is 1. The monoisotopic (exact) mass is 473 g/mol. The van der Waals surface area contributed by atoms with Crippen LogP contribution in [-0.2, 0) is 10.5 Å². The van der Waals surface area contributed by atoms with E-state index in [0.29, 0.717) is 12.2 Å². The maximum Gasteiger partial charge on any atom is 0.306 e. The number of benzene rings is 3. The number of nitrogens with one attached hydrogen (secondary N) is 1. The lowest BCUT2D eigenvalue weighted by atomic mass is 9.92. The maximum atomic E-state index is 13.5. The van der Waals surface area contributed by atoms with Gasteiger partial charge in [0, 0.05) is 16.5 Å². The first kappa shape index (κ1) is 18.6. The van der Waals surface area contributed by atoms with E-state index in [9.17, 15) is 4.79 Å². The van der Waals surface area contributed by atoms with Crippen molar-refractivity contribution in [3.8, 4) is 5.75 Å². The standard InChI is InChI=1S/C25H20BrN3O2/c1-14-3-6-16(7-4-14)21-13-22-18-12-17(26)8-10-23(18)31-25(29(22)28-21)19-11-15(2)5-9-20(19)27-24(25)30/h3-12,22H,13H2,1-2H3,(H,27,30)/t22-,25+/m1/s1. The van der Waals surface area contributed by atoms with Gasteiger partial charge >= 0.3 is 5.72 Å². The number of carbonyl (C=O) groups excluding carboxylic acids is 1. The molecule has 0 saturated heterocycles. The van der Waals surface area contributed by atoms with Gasteiger partial charge in [0.05, 0.1) is 23.0 Å². The molecule has 0 aliphatic carbocycles. The number of ether oxygens (including phenoxy) is 1. The number of nitrogens with zero attached hydrogens (tertiary/aromatic N) is 2. The second kappa shape index (κ2) is 6.44. The Balaban J connectivity index is 1.58. The summed E-state index contributed by atoms with van der Waals surface area (Å²) in [7, 11) is 0. The molecule has 3 aliphatic rings. The van der Waals surface area contributed by atoms with Crippen molar-refractivity contribution >= 4 is 33.2 Å². The molecule has 0 radical (unpaired) electrons. The van der Waals surface area contributed by atoms with Crippen molar-refractivity contribution in [3.63, 3.8) is 0 Å². The van der Waals surface area contributed by atoms with Gasteiger partial charge in [-0.3, -0.25) is 4.79 Å². The van der Waals surface area contributed by atoms with Crippen molar-refractivity contribution in [3.05, 3.63) is 93.0 Å². The summed E-state index contributed by atoms with van der Waals surface area (Å²) in [6.45, 7) is 4.09. The molecule has 1 amide bonds. The largest absolute Gasteiger partial charge is 0.453 e. The van der Waals surface area contributed by atoms with Crippen LogP contribution in [0, 0.1) is 13.8 Å². The zero-order chi connectivity index (χ0) is 21.3. The highest BCUT2D eigenvalue weighted by Gasteiger charge is 2.60. The Kier molecular flexibility index (Phi) is 3.87. The fourth-order valence-electron chi connectivity index (χ4n) is 4.75. The molecule has 0 fully saturated rings.